The number of esters is 1. The highest BCUT2D eigenvalue weighted by atomic mass is 32.0. The second kappa shape index (κ2) is 8.25. The van der Waals surface area contributed by atoms with E-state index < -0.39 is 7.72 Å². The second-order valence-electron chi connectivity index (χ2n) is 5.40. The van der Waals surface area contributed by atoms with Gasteiger partial charge in [0, 0.05) is 31.6 Å². The highest BCUT2D eigenvalue weighted by Gasteiger charge is 2.47. The van der Waals surface area contributed by atoms with Crippen molar-refractivity contribution in [3.05, 3.63) is 11.6 Å². The molecule has 116 valence electrons. The summed E-state index contributed by atoms with van der Waals surface area (Å²) in [7, 11) is 7.12. The largest absolute Gasteiger partial charge is 0.462 e. The van der Waals surface area contributed by atoms with Gasteiger partial charge >= 0.3 is 5.97 Å². The van der Waals surface area contributed by atoms with Crippen LogP contribution >= 0.6 is 16.6 Å². The lowest BCUT2D eigenvalue weighted by atomic mass is 9.97. The van der Waals surface area contributed by atoms with E-state index >= 15 is 0 Å². The van der Waals surface area contributed by atoms with Gasteiger partial charge in [0.05, 0.1) is 12.5 Å². The molecule has 1 heterocycles. The number of Topliss-reactive ketones (excluding diaryl/α,β-unsaturated/α-hetero) is 1. The van der Waals surface area contributed by atoms with Crippen LogP contribution in [0, 0.1) is 17.8 Å². The fraction of sp³-hybridized carbons (Fsp3) is 0.600. The molecule has 1 aliphatic heterocycles. The minimum atomic E-state index is -1.07. The van der Waals surface area contributed by atoms with E-state index in [9.17, 15) is 9.59 Å². The van der Waals surface area contributed by atoms with Crippen LogP contribution in [0.25, 0.3) is 0 Å². The highest BCUT2D eigenvalue weighted by Crippen LogP contribution is 2.49. The van der Waals surface area contributed by atoms with Gasteiger partial charge in [-0.15, -0.1) is 11.8 Å². The molecule has 1 aliphatic carbocycles. The van der Waals surface area contributed by atoms with Crippen LogP contribution in [-0.2, 0) is 18.8 Å². The number of ketones is 1. The summed E-state index contributed by atoms with van der Waals surface area (Å²) in [4.78, 5) is 23.3. The normalized spacial score (nSPS) is 29.6. The summed E-state index contributed by atoms with van der Waals surface area (Å²) < 4.78 is 11.0. The van der Waals surface area contributed by atoms with Crippen molar-refractivity contribution >= 4 is 36.0 Å². The Balaban J connectivity index is 2.01. The first kappa shape index (κ1) is 17.7. The zero-order valence-electron chi connectivity index (χ0n) is 12.6. The number of ether oxygens (including phenoxy) is 1. The van der Waals surface area contributed by atoms with Crippen molar-refractivity contribution in [2.45, 2.75) is 51.2 Å². The number of carbonyl (C=O) groups excluding carboxylic acids is 2. The molecule has 1 saturated heterocycles. The lowest BCUT2D eigenvalue weighted by molar-refractivity contribution is -0.141. The predicted octanol–water partition coefficient (Wildman–Crippen LogP) is 2.67. The third-order valence-electron chi connectivity index (χ3n) is 3.88. The fourth-order valence-corrected chi connectivity index (χ4v) is 3.88. The molecule has 2 rings (SSSR count). The molecule has 22 heavy (non-hydrogen) atoms. The Kier molecular flexibility index (Phi) is 6.63. The zero-order valence-corrected chi connectivity index (χ0v) is 14.6. The second-order valence-corrected chi connectivity index (χ2v) is 7.86. The SMILES string of the molecule is [B]P(P)O[C@H]1C[C@@H]2OC(=O)CC2C1=CCC(=O)CCC#CC. The number of hydrogen-bond donors (Lipinski definition) is 0. The molecule has 0 bridgehead atoms. The number of fused-ring (bicyclic) bond motifs is 1. The highest BCUT2D eigenvalue weighted by molar-refractivity contribution is 8.23. The van der Waals surface area contributed by atoms with E-state index in [4.69, 9.17) is 16.8 Å². The predicted molar refractivity (Wildman–Crippen MR) is 90.3 cm³/mol. The summed E-state index contributed by atoms with van der Waals surface area (Å²) in [5.74, 6) is 5.66. The molecule has 0 aromatic carbocycles. The fourth-order valence-electron chi connectivity index (χ4n) is 2.94. The van der Waals surface area contributed by atoms with Crippen molar-refractivity contribution in [3.63, 3.8) is 0 Å². The maximum Gasteiger partial charge on any atom is 0.306 e. The van der Waals surface area contributed by atoms with Gasteiger partial charge in [-0.1, -0.05) is 15.0 Å². The smallest absolute Gasteiger partial charge is 0.306 e. The topological polar surface area (TPSA) is 52.6 Å². The van der Waals surface area contributed by atoms with Gasteiger partial charge in [-0.05, 0) is 20.2 Å². The summed E-state index contributed by atoms with van der Waals surface area (Å²) in [6, 6.07) is 0. The van der Waals surface area contributed by atoms with Crippen molar-refractivity contribution < 1.29 is 18.8 Å². The first-order chi connectivity index (χ1) is 10.5. The van der Waals surface area contributed by atoms with Crippen LogP contribution in [0.2, 0.25) is 0 Å². The Morgan fingerprint density at radius 1 is 1.64 bits per heavy atom. The van der Waals surface area contributed by atoms with Gasteiger partial charge in [0.15, 0.2) is 7.57 Å². The number of allylic oxidation sites excluding steroid dienone is 1. The van der Waals surface area contributed by atoms with Crippen LogP contribution in [0.1, 0.15) is 39.0 Å². The molecule has 1 saturated carbocycles. The van der Waals surface area contributed by atoms with Gasteiger partial charge in [-0.3, -0.25) is 9.59 Å². The van der Waals surface area contributed by atoms with Gasteiger partial charge in [0.25, 0.3) is 0 Å². The Morgan fingerprint density at radius 3 is 3.09 bits per heavy atom. The Labute approximate surface area is 136 Å². The molecule has 3 unspecified atom stereocenters. The quantitative estimate of drug-likeness (QED) is 0.246. The van der Waals surface area contributed by atoms with Crippen molar-refractivity contribution in [1.29, 1.82) is 0 Å². The first-order valence-electron chi connectivity index (χ1n) is 7.28. The van der Waals surface area contributed by atoms with Crippen LogP contribution in [0.4, 0.5) is 0 Å². The van der Waals surface area contributed by atoms with Gasteiger partial charge in [0.1, 0.15) is 11.9 Å². The van der Waals surface area contributed by atoms with E-state index in [-0.39, 0.29) is 29.9 Å². The molecule has 5 atom stereocenters. The van der Waals surface area contributed by atoms with E-state index in [1.807, 2.05) is 6.08 Å². The van der Waals surface area contributed by atoms with Crippen molar-refractivity contribution in [3.8, 4) is 11.8 Å². The summed E-state index contributed by atoms with van der Waals surface area (Å²) in [5.41, 5.74) is 0.992. The number of rotatable bonds is 6. The van der Waals surface area contributed by atoms with Crippen molar-refractivity contribution in [2.75, 3.05) is 0 Å². The van der Waals surface area contributed by atoms with Crippen LogP contribution in [0.15, 0.2) is 11.6 Å². The minimum absolute atomic E-state index is 0.0284. The molecular formula is C15H19BO4P2. The Morgan fingerprint density at radius 2 is 2.41 bits per heavy atom. The van der Waals surface area contributed by atoms with Crippen LogP contribution in [0.3, 0.4) is 0 Å². The van der Waals surface area contributed by atoms with E-state index in [0.29, 0.717) is 32.1 Å². The number of hydrogen-bond acceptors (Lipinski definition) is 4. The monoisotopic (exact) mass is 336 g/mol. The van der Waals surface area contributed by atoms with Crippen molar-refractivity contribution in [2.24, 2.45) is 5.92 Å². The van der Waals surface area contributed by atoms with Crippen molar-refractivity contribution in [1.82, 2.24) is 0 Å². The molecule has 0 spiro atoms. The maximum absolute atomic E-state index is 11.9. The third-order valence-corrected chi connectivity index (χ3v) is 4.75. The zero-order chi connectivity index (χ0) is 16.1. The maximum atomic E-state index is 11.9. The summed E-state index contributed by atoms with van der Waals surface area (Å²) in [5, 5.41) is 0. The molecule has 2 fully saturated rings. The van der Waals surface area contributed by atoms with E-state index in [1.165, 1.54) is 0 Å². The Hall–Kier alpha value is -0.675. The molecule has 4 nitrogen and oxygen atoms in total. The standard InChI is InChI=1S/C15H19BO4P2/c1-2-3-4-5-10(17)6-7-11-12-8-15(18)19-13(12)9-14(11)20-22(16)21/h7,12-14H,4-6,8-9,21H2,1H3/t12?,13-,14-,22?/m0/s1. The van der Waals surface area contributed by atoms with Gasteiger partial charge in [-0.25, -0.2) is 0 Å². The third kappa shape index (κ3) is 4.66. The summed E-state index contributed by atoms with van der Waals surface area (Å²) >= 11 is 0. The molecule has 2 radical (unpaired) electrons. The molecular weight excluding hydrogens is 317 g/mol. The lowest BCUT2D eigenvalue weighted by Crippen LogP contribution is -2.12. The van der Waals surface area contributed by atoms with Gasteiger partial charge < -0.3 is 9.26 Å². The van der Waals surface area contributed by atoms with Gasteiger partial charge in [0.2, 0.25) is 0 Å². The van der Waals surface area contributed by atoms with Crippen LogP contribution in [-0.4, -0.2) is 31.5 Å². The number of carbonyl (C=O) groups is 2. The summed E-state index contributed by atoms with van der Waals surface area (Å²) in [6.07, 6.45) is 4.00. The van der Waals surface area contributed by atoms with E-state index in [0.717, 1.165) is 5.57 Å². The molecule has 0 amide bonds. The molecule has 0 aromatic rings. The average molecular weight is 336 g/mol. The minimum Gasteiger partial charge on any atom is -0.462 e. The lowest BCUT2D eigenvalue weighted by Gasteiger charge is -2.18. The van der Waals surface area contributed by atoms with E-state index in [1.54, 1.807) is 6.92 Å². The first-order valence-corrected chi connectivity index (χ1v) is 10.2. The van der Waals surface area contributed by atoms with E-state index in [2.05, 4.69) is 20.8 Å². The van der Waals surface area contributed by atoms with Gasteiger partial charge in [-0.2, -0.15) is 0 Å². The molecule has 7 heteroatoms. The molecule has 0 N–H and O–H groups in total. The molecule has 2 aliphatic rings. The summed E-state index contributed by atoms with van der Waals surface area (Å²) in [6.45, 7) is 1.76. The van der Waals surface area contributed by atoms with Crippen LogP contribution in [0.5, 0.6) is 0 Å². The Bertz CT molecular complexity index is 535. The molecule has 0 aromatic heterocycles. The average Bonchev–Trinajstić information content (AvgIpc) is 2.92. The van der Waals surface area contributed by atoms with Crippen LogP contribution < -0.4 is 0 Å².